The summed E-state index contributed by atoms with van der Waals surface area (Å²) in [6.07, 6.45) is 6.00. The molecule has 0 N–H and O–H groups in total. The van der Waals surface area contributed by atoms with E-state index in [1.165, 1.54) is 22.4 Å². The lowest BCUT2D eigenvalue weighted by molar-refractivity contribution is 0.634. The van der Waals surface area contributed by atoms with Crippen molar-refractivity contribution in [3.8, 4) is 0 Å². The van der Waals surface area contributed by atoms with Crippen LogP contribution in [0.15, 0.2) is 55.3 Å². The molecule has 1 aromatic carbocycles. The van der Waals surface area contributed by atoms with E-state index >= 15 is 0 Å². The quantitative estimate of drug-likeness (QED) is 0.654. The van der Waals surface area contributed by atoms with E-state index in [1.807, 2.05) is 12.3 Å². The third-order valence-electron chi connectivity index (χ3n) is 3.75. The highest BCUT2D eigenvalue weighted by molar-refractivity contribution is 5.34. The van der Waals surface area contributed by atoms with Gasteiger partial charge >= 0.3 is 0 Å². The van der Waals surface area contributed by atoms with Crippen LogP contribution < -0.4 is 0 Å². The molecule has 0 saturated carbocycles. The monoisotopic (exact) mass is 279 g/mol. The number of hydrogen-bond acceptors (Lipinski definition) is 1. The highest BCUT2D eigenvalue weighted by Crippen LogP contribution is 2.28. The van der Waals surface area contributed by atoms with Crippen molar-refractivity contribution in [1.29, 1.82) is 0 Å². The van der Waals surface area contributed by atoms with E-state index < -0.39 is 0 Å². The van der Waals surface area contributed by atoms with Crippen LogP contribution in [0.4, 0.5) is 0 Å². The molecule has 0 aliphatic carbocycles. The van der Waals surface area contributed by atoms with E-state index in [0.717, 1.165) is 12.8 Å². The number of pyridine rings is 1. The van der Waals surface area contributed by atoms with Crippen LogP contribution >= 0.6 is 0 Å². The van der Waals surface area contributed by atoms with Crippen LogP contribution in [-0.2, 0) is 6.42 Å². The van der Waals surface area contributed by atoms with Crippen molar-refractivity contribution < 1.29 is 0 Å². The van der Waals surface area contributed by atoms with Gasteiger partial charge < -0.3 is 0 Å². The van der Waals surface area contributed by atoms with Gasteiger partial charge in [-0.05, 0) is 42.9 Å². The zero-order valence-corrected chi connectivity index (χ0v) is 13.3. The van der Waals surface area contributed by atoms with Gasteiger partial charge in [-0.2, -0.15) is 0 Å². The first kappa shape index (κ1) is 15.5. The van der Waals surface area contributed by atoms with Gasteiger partial charge in [-0.3, -0.25) is 4.98 Å². The summed E-state index contributed by atoms with van der Waals surface area (Å²) in [6, 6.07) is 13.2. The molecular formula is C20H25N. The topological polar surface area (TPSA) is 12.9 Å². The molecule has 0 amide bonds. The average molecular weight is 279 g/mol. The van der Waals surface area contributed by atoms with E-state index in [1.54, 1.807) is 0 Å². The van der Waals surface area contributed by atoms with Crippen molar-refractivity contribution in [1.82, 2.24) is 4.98 Å². The average Bonchev–Trinajstić information content (AvgIpc) is 2.46. The first-order chi connectivity index (χ1) is 10.1. The van der Waals surface area contributed by atoms with Crippen LogP contribution in [0, 0.1) is 12.8 Å². The Morgan fingerprint density at radius 3 is 2.24 bits per heavy atom. The summed E-state index contributed by atoms with van der Waals surface area (Å²) in [5.41, 5.74) is 5.07. The van der Waals surface area contributed by atoms with Crippen LogP contribution in [0.1, 0.15) is 48.6 Å². The van der Waals surface area contributed by atoms with Crippen molar-refractivity contribution in [2.45, 2.75) is 39.5 Å². The Bertz CT molecular complexity index is 564. The van der Waals surface area contributed by atoms with Gasteiger partial charge in [0.15, 0.2) is 0 Å². The van der Waals surface area contributed by atoms with Gasteiger partial charge in [-0.25, -0.2) is 0 Å². The van der Waals surface area contributed by atoms with Gasteiger partial charge in [-0.1, -0.05) is 55.8 Å². The lowest BCUT2D eigenvalue weighted by Gasteiger charge is -2.17. The van der Waals surface area contributed by atoms with Gasteiger partial charge in [0.25, 0.3) is 0 Å². The molecule has 0 aliphatic heterocycles. The summed E-state index contributed by atoms with van der Waals surface area (Å²) in [5, 5.41) is 0. The van der Waals surface area contributed by atoms with Crippen molar-refractivity contribution in [2.75, 3.05) is 0 Å². The summed E-state index contributed by atoms with van der Waals surface area (Å²) in [7, 11) is 0. The minimum atomic E-state index is 0.351. The Hall–Kier alpha value is -1.89. The van der Waals surface area contributed by atoms with Crippen LogP contribution in [0.3, 0.4) is 0 Å². The Labute approximate surface area is 128 Å². The van der Waals surface area contributed by atoms with Crippen molar-refractivity contribution in [2.24, 2.45) is 5.92 Å². The van der Waals surface area contributed by atoms with E-state index in [9.17, 15) is 0 Å². The molecule has 1 unspecified atom stereocenters. The second-order valence-corrected chi connectivity index (χ2v) is 6.17. The molecular weight excluding hydrogens is 254 g/mol. The third kappa shape index (κ3) is 4.29. The fourth-order valence-electron chi connectivity index (χ4n) is 2.61. The highest BCUT2D eigenvalue weighted by Gasteiger charge is 2.13. The first-order valence-corrected chi connectivity index (χ1v) is 7.72. The summed E-state index contributed by atoms with van der Waals surface area (Å²) >= 11 is 0. The predicted octanol–water partition coefficient (Wildman–Crippen LogP) is 5.30. The molecule has 21 heavy (non-hydrogen) atoms. The predicted molar refractivity (Wildman–Crippen MR) is 90.6 cm³/mol. The number of benzene rings is 1. The Balaban J connectivity index is 2.25. The molecule has 0 fully saturated rings. The van der Waals surface area contributed by atoms with Crippen molar-refractivity contribution in [3.05, 3.63) is 77.6 Å². The lowest BCUT2D eigenvalue weighted by Crippen LogP contribution is -2.03. The largest absolute Gasteiger partial charge is 0.261 e. The molecule has 2 aromatic rings. The molecule has 1 nitrogen and oxygen atoms in total. The lowest BCUT2D eigenvalue weighted by atomic mass is 9.89. The van der Waals surface area contributed by atoms with Gasteiger partial charge in [0, 0.05) is 17.8 Å². The minimum absolute atomic E-state index is 0.351. The standard InChI is InChI=1S/C20H25N/c1-5-6-20(17-9-7-16(4)8-10-17)18-11-12-19(21-14-18)13-15(2)3/h5,7-12,14-15,20H,1,6,13H2,2-4H3. The molecule has 0 bridgehead atoms. The Morgan fingerprint density at radius 2 is 1.71 bits per heavy atom. The molecule has 1 atom stereocenters. The van der Waals surface area contributed by atoms with Crippen LogP contribution in [-0.4, -0.2) is 4.98 Å². The van der Waals surface area contributed by atoms with E-state index in [2.05, 4.69) is 68.7 Å². The molecule has 0 aliphatic rings. The summed E-state index contributed by atoms with van der Waals surface area (Å²) in [6.45, 7) is 10.5. The van der Waals surface area contributed by atoms with Gasteiger partial charge in [0.2, 0.25) is 0 Å². The van der Waals surface area contributed by atoms with E-state index in [4.69, 9.17) is 0 Å². The molecule has 1 heterocycles. The number of hydrogen-bond donors (Lipinski definition) is 0. The third-order valence-corrected chi connectivity index (χ3v) is 3.75. The fourth-order valence-corrected chi connectivity index (χ4v) is 2.61. The molecule has 110 valence electrons. The zero-order chi connectivity index (χ0) is 15.2. The molecule has 0 saturated heterocycles. The molecule has 2 rings (SSSR count). The maximum Gasteiger partial charge on any atom is 0.0406 e. The zero-order valence-electron chi connectivity index (χ0n) is 13.3. The van der Waals surface area contributed by atoms with Crippen molar-refractivity contribution in [3.63, 3.8) is 0 Å². The summed E-state index contributed by atoms with van der Waals surface area (Å²) < 4.78 is 0. The normalized spacial score (nSPS) is 12.4. The Kier molecular flexibility index (Phi) is 5.32. The molecule has 0 radical (unpaired) electrons. The second kappa shape index (κ2) is 7.21. The number of aryl methyl sites for hydroxylation is 1. The maximum absolute atomic E-state index is 4.63. The smallest absolute Gasteiger partial charge is 0.0406 e. The fraction of sp³-hybridized carbons (Fsp3) is 0.350. The summed E-state index contributed by atoms with van der Waals surface area (Å²) in [5.74, 6) is 0.994. The number of aromatic nitrogens is 1. The maximum atomic E-state index is 4.63. The van der Waals surface area contributed by atoms with Crippen LogP contribution in [0.5, 0.6) is 0 Å². The number of allylic oxidation sites excluding steroid dienone is 1. The minimum Gasteiger partial charge on any atom is -0.261 e. The molecule has 1 heteroatoms. The summed E-state index contributed by atoms with van der Waals surface area (Å²) in [4.78, 5) is 4.63. The Morgan fingerprint density at radius 1 is 1.05 bits per heavy atom. The van der Waals surface area contributed by atoms with Crippen LogP contribution in [0.2, 0.25) is 0 Å². The van der Waals surface area contributed by atoms with Crippen molar-refractivity contribution >= 4 is 0 Å². The van der Waals surface area contributed by atoms with Gasteiger partial charge in [0.1, 0.15) is 0 Å². The number of nitrogens with zero attached hydrogens (tertiary/aromatic N) is 1. The second-order valence-electron chi connectivity index (χ2n) is 6.17. The van der Waals surface area contributed by atoms with E-state index in [-0.39, 0.29) is 0 Å². The van der Waals surface area contributed by atoms with Gasteiger partial charge in [-0.15, -0.1) is 6.58 Å². The first-order valence-electron chi connectivity index (χ1n) is 7.72. The molecule has 1 aromatic heterocycles. The van der Waals surface area contributed by atoms with E-state index in [0.29, 0.717) is 11.8 Å². The molecule has 0 spiro atoms. The highest BCUT2D eigenvalue weighted by atomic mass is 14.7. The SMILES string of the molecule is C=CCC(c1ccc(C)cc1)c1ccc(CC(C)C)nc1. The number of rotatable bonds is 6. The van der Waals surface area contributed by atoms with Crippen LogP contribution in [0.25, 0.3) is 0 Å². The van der Waals surface area contributed by atoms with Gasteiger partial charge in [0.05, 0.1) is 0 Å².